The van der Waals surface area contributed by atoms with E-state index in [1.165, 1.54) is 23.0 Å². The van der Waals surface area contributed by atoms with Gasteiger partial charge in [0.05, 0.1) is 53.4 Å². The predicted octanol–water partition coefficient (Wildman–Crippen LogP) is 3.84. The van der Waals surface area contributed by atoms with Crippen LogP contribution in [0.1, 0.15) is 37.9 Å². The van der Waals surface area contributed by atoms with Crippen LogP contribution in [-0.2, 0) is 14.3 Å². The molecule has 0 N–H and O–H groups in total. The maximum atomic E-state index is 14.1. The molecule has 42 heavy (non-hydrogen) atoms. The van der Waals surface area contributed by atoms with E-state index in [9.17, 15) is 9.59 Å². The fraction of sp³-hybridized carbons (Fsp3) is 0.367. The Morgan fingerprint density at radius 1 is 1.05 bits per heavy atom. The molecule has 2 aromatic carbocycles. The Balaban J connectivity index is 1.96. The van der Waals surface area contributed by atoms with Crippen molar-refractivity contribution >= 4 is 46.0 Å². The number of nitrogens with zero attached hydrogens (tertiary/aromatic N) is 2. The van der Waals surface area contributed by atoms with Gasteiger partial charge in [0.25, 0.3) is 5.56 Å². The molecule has 10 nitrogen and oxygen atoms in total. The van der Waals surface area contributed by atoms with Gasteiger partial charge in [-0.05, 0) is 73.2 Å². The van der Waals surface area contributed by atoms with Crippen LogP contribution in [0.5, 0.6) is 23.0 Å². The van der Waals surface area contributed by atoms with E-state index in [2.05, 4.69) is 27.6 Å². The van der Waals surface area contributed by atoms with Crippen LogP contribution in [-0.4, -0.2) is 58.3 Å². The average Bonchev–Trinajstić information content (AvgIpc) is 3.27. The van der Waals surface area contributed by atoms with Gasteiger partial charge in [-0.25, -0.2) is 9.79 Å². The van der Waals surface area contributed by atoms with Crippen LogP contribution < -0.4 is 33.8 Å². The molecular weight excluding hydrogens is 675 g/mol. The average molecular weight is 709 g/mol. The number of rotatable bonds is 12. The Kier molecular flexibility index (Phi) is 10.7. The molecule has 0 fully saturated rings. The highest BCUT2D eigenvalue weighted by atomic mass is 127. The molecule has 4 rings (SSSR count). The predicted molar refractivity (Wildman–Crippen MR) is 168 cm³/mol. The second-order valence-electron chi connectivity index (χ2n) is 8.99. The first-order valence-electron chi connectivity index (χ1n) is 13.3. The molecule has 0 amide bonds. The number of para-hydroxylation sites is 1. The summed E-state index contributed by atoms with van der Waals surface area (Å²) in [7, 11) is 4.64. The van der Waals surface area contributed by atoms with Crippen LogP contribution in [0.3, 0.4) is 0 Å². The van der Waals surface area contributed by atoms with Crippen molar-refractivity contribution in [2.24, 2.45) is 4.99 Å². The Hall–Kier alpha value is -3.36. The van der Waals surface area contributed by atoms with E-state index in [1.807, 2.05) is 32.0 Å². The van der Waals surface area contributed by atoms with Crippen molar-refractivity contribution in [2.75, 3.05) is 47.8 Å². The maximum absolute atomic E-state index is 14.1. The van der Waals surface area contributed by atoms with Gasteiger partial charge >= 0.3 is 5.97 Å². The fourth-order valence-electron chi connectivity index (χ4n) is 4.64. The van der Waals surface area contributed by atoms with Crippen LogP contribution in [0.4, 0.5) is 0 Å². The third-order valence-corrected chi connectivity index (χ3v) is 8.20. The number of fused-ring (bicyclic) bond motifs is 1. The highest BCUT2D eigenvalue weighted by molar-refractivity contribution is 14.1. The largest absolute Gasteiger partial charge is 0.493 e. The molecule has 0 aliphatic carbocycles. The monoisotopic (exact) mass is 708 g/mol. The topological polar surface area (TPSA) is 107 Å². The number of carbonyl (C=O) groups is 1. The van der Waals surface area contributed by atoms with Crippen molar-refractivity contribution in [3.63, 3.8) is 0 Å². The molecule has 12 heteroatoms. The number of methoxy groups -OCH3 is 3. The minimum Gasteiger partial charge on any atom is -0.493 e. The number of benzene rings is 2. The third-order valence-electron chi connectivity index (χ3n) is 6.41. The molecule has 1 aliphatic rings. The number of allylic oxidation sites excluding steroid dienone is 1. The molecule has 1 aromatic heterocycles. The number of halogens is 1. The van der Waals surface area contributed by atoms with Crippen LogP contribution in [0.2, 0.25) is 0 Å². The first kappa shape index (κ1) is 31.6. The van der Waals surface area contributed by atoms with Crippen molar-refractivity contribution in [1.29, 1.82) is 0 Å². The summed E-state index contributed by atoms with van der Waals surface area (Å²) < 4.78 is 36.3. The quantitative estimate of drug-likeness (QED) is 0.159. The number of aromatic nitrogens is 1. The lowest BCUT2D eigenvalue weighted by Crippen LogP contribution is -2.40. The summed E-state index contributed by atoms with van der Waals surface area (Å²) in [5.74, 6) is 1.53. The van der Waals surface area contributed by atoms with E-state index >= 15 is 0 Å². The summed E-state index contributed by atoms with van der Waals surface area (Å²) in [6, 6.07) is 8.25. The number of hydrogen-bond acceptors (Lipinski definition) is 10. The lowest BCUT2D eigenvalue weighted by atomic mass is 9.94. The van der Waals surface area contributed by atoms with Crippen LogP contribution in [0.25, 0.3) is 6.08 Å². The van der Waals surface area contributed by atoms with Gasteiger partial charge in [-0.3, -0.25) is 9.36 Å². The van der Waals surface area contributed by atoms with Gasteiger partial charge in [0.15, 0.2) is 27.8 Å². The Bertz CT molecular complexity index is 1680. The molecule has 1 atom stereocenters. The Morgan fingerprint density at radius 2 is 1.76 bits per heavy atom. The van der Waals surface area contributed by atoms with E-state index in [0.717, 1.165) is 9.13 Å². The maximum Gasteiger partial charge on any atom is 0.338 e. The van der Waals surface area contributed by atoms with E-state index in [0.29, 0.717) is 56.8 Å². The van der Waals surface area contributed by atoms with Crippen molar-refractivity contribution in [2.45, 2.75) is 26.8 Å². The summed E-state index contributed by atoms with van der Waals surface area (Å²) >= 11 is 3.42. The SMILES string of the molecule is CCOc1c(I)cc(/C=c2/sc3n(c2=O)[C@@H](c2cccc(OC)c2OCC)C(C(=O)OCCOC)=C(C)N=3)cc1OC. The van der Waals surface area contributed by atoms with Crippen LogP contribution >= 0.6 is 33.9 Å². The normalized spacial score (nSPS) is 14.7. The van der Waals surface area contributed by atoms with E-state index < -0.39 is 12.0 Å². The zero-order chi connectivity index (χ0) is 30.4. The number of carbonyl (C=O) groups excluding carboxylic acids is 1. The Morgan fingerprint density at radius 3 is 2.43 bits per heavy atom. The first-order valence-corrected chi connectivity index (χ1v) is 15.2. The van der Waals surface area contributed by atoms with E-state index in [1.54, 1.807) is 39.4 Å². The third kappa shape index (κ3) is 6.35. The highest BCUT2D eigenvalue weighted by Crippen LogP contribution is 2.41. The summed E-state index contributed by atoms with van der Waals surface area (Å²) in [6.07, 6.45) is 1.78. The minimum absolute atomic E-state index is 0.0535. The van der Waals surface area contributed by atoms with E-state index in [-0.39, 0.29) is 24.3 Å². The second kappa shape index (κ2) is 14.2. The highest BCUT2D eigenvalue weighted by Gasteiger charge is 2.36. The number of hydrogen-bond donors (Lipinski definition) is 0. The van der Waals surface area contributed by atoms with Gasteiger partial charge < -0.3 is 28.4 Å². The van der Waals surface area contributed by atoms with Gasteiger partial charge in [0.1, 0.15) is 12.6 Å². The molecule has 0 radical (unpaired) electrons. The molecule has 0 saturated carbocycles. The number of esters is 1. The van der Waals surface area contributed by atoms with Gasteiger partial charge in [0.2, 0.25) is 0 Å². The van der Waals surface area contributed by atoms with Crippen LogP contribution in [0, 0.1) is 3.57 Å². The molecule has 2 heterocycles. The summed E-state index contributed by atoms with van der Waals surface area (Å²) in [5, 5.41) is 0. The number of ether oxygens (including phenoxy) is 6. The minimum atomic E-state index is -0.870. The summed E-state index contributed by atoms with van der Waals surface area (Å²) in [4.78, 5) is 32.7. The Labute approximate surface area is 261 Å². The molecule has 3 aromatic rings. The van der Waals surface area contributed by atoms with Gasteiger partial charge in [-0.15, -0.1) is 0 Å². The first-order chi connectivity index (χ1) is 20.3. The van der Waals surface area contributed by atoms with Crippen molar-refractivity contribution in [1.82, 2.24) is 4.57 Å². The van der Waals surface area contributed by atoms with Crippen molar-refractivity contribution in [3.05, 3.63) is 76.0 Å². The van der Waals surface area contributed by atoms with Crippen molar-refractivity contribution < 1.29 is 33.2 Å². The standard InChI is InChI=1S/C30H33IN2O8S/c1-7-39-26-19(10-9-11-21(26)37-5)25-24(29(35)41-13-12-36-4)17(3)32-30-33(25)28(34)23(42-30)16-18-14-20(31)27(40-8-2)22(15-18)38-6/h9-11,14-16,25H,7-8,12-13H2,1-6H3/b23-16+/t25-/m0/s1. The molecular formula is C30H33IN2O8S. The fourth-order valence-corrected chi connectivity index (χ4v) is 6.47. The number of thiazole rings is 1. The van der Waals surface area contributed by atoms with Gasteiger partial charge in [0, 0.05) is 12.7 Å². The van der Waals surface area contributed by atoms with Gasteiger partial charge in [-0.1, -0.05) is 23.5 Å². The van der Waals surface area contributed by atoms with Crippen molar-refractivity contribution in [3.8, 4) is 23.0 Å². The second-order valence-corrected chi connectivity index (χ2v) is 11.2. The lowest BCUT2D eigenvalue weighted by molar-refractivity contribution is -0.140. The zero-order valence-electron chi connectivity index (χ0n) is 24.3. The summed E-state index contributed by atoms with van der Waals surface area (Å²) in [5.41, 5.74) is 1.70. The summed E-state index contributed by atoms with van der Waals surface area (Å²) in [6.45, 7) is 6.63. The van der Waals surface area contributed by atoms with Crippen LogP contribution in [0.15, 0.2) is 51.4 Å². The lowest BCUT2D eigenvalue weighted by Gasteiger charge is -2.27. The molecule has 0 spiro atoms. The molecule has 224 valence electrons. The zero-order valence-corrected chi connectivity index (χ0v) is 27.3. The molecule has 0 bridgehead atoms. The molecule has 1 aliphatic heterocycles. The van der Waals surface area contributed by atoms with Gasteiger partial charge in [-0.2, -0.15) is 0 Å². The molecule has 0 saturated heterocycles. The molecule has 0 unspecified atom stereocenters. The smallest absolute Gasteiger partial charge is 0.338 e. The van der Waals surface area contributed by atoms with E-state index in [4.69, 9.17) is 28.4 Å².